The van der Waals surface area contributed by atoms with Gasteiger partial charge in [0.2, 0.25) is 11.8 Å². The smallest absolute Gasteiger partial charge is 0.227 e. The van der Waals surface area contributed by atoms with E-state index in [0.717, 1.165) is 51.4 Å². The van der Waals surface area contributed by atoms with E-state index in [0.29, 0.717) is 13.1 Å². The lowest BCUT2D eigenvalue weighted by Gasteiger charge is -2.66. The van der Waals surface area contributed by atoms with E-state index in [4.69, 9.17) is 0 Å². The van der Waals surface area contributed by atoms with Gasteiger partial charge in [0.25, 0.3) is 0 Å². The van der Waals surface area contributed by atoms with Gasteiger partial charge in [-0.25, -0.2) is 0 Å². The molecule has 0 saturated heterocycles. The van der Waals surface area contributed by atoms with E-state index in [9.17, 15) is 9.59 Å². The number of carbonyl (C=O) groups is 2. The van der Waals surface area contributed by atoms with E-state index in [2.05, 4.69) is 134 Å². The molecular weight excluding hydrogens is 852 g/mol. The Kier molecular flexibility index (Phi) is 8.78. The molecule has 6 aliphatic carbocycles. The van der Waals surface area contributed by atoms with E-state index >= 15 is 0 Å². The highest BCUT2D eigenvalue weighted by atomic mass is 79.9. The Balaban J connectivity index is 1.16. The molecule has 0 radical (unpaired) electrons. The summed E-state index contributed by atoms with van der Waals surface area (Å²) in [5.41, 5.74) is -0.690. The minimum Gasteiger partial charge on any atom is -0.356 e. The van der Waals surface area contributed by atoms with Crippen molar-refractivity contribution in [3.05, 3.63) is 0 Å². The maximum Gasteiger partial charge on any atom is 0.227 e. The van der Waals surface area contributed by atoms with Crippen LogP contribution in [0.1, 0.15) is 79.1 Å². The number of alkyl halides is 6. The average molecular weight is 890 g/mol. The third-order valence-corrected chi connectivity index (χ3v) is 17.9. The summed E-state index contributed by atoms with van der Waals surface area (Å²) in [7, 11) is 0. The monoisotopic (exact) mass is 884 g/mol. The number of hydrogen-bond donors (Lipinski definition) is 2. The lowest BCUT2D eigenvalue weighted by molar-refractivity contribution is -0.162. The van der Waals surface area contributed by atoms with Gasteiger partial charge in [0.15, 0.2) is 0 Å². The molecule has 6 atom stereocenters. The summed E-state index contributed by atoms with van der Waals surface area (Å²) < 4.78 is 0.385. The van der Waals surface area contributed by atoms with Crippen LogP contribution in [0.5, 0.6) is 0 Å². The second kappa shape index (κ2) is 10.3. The first-order valence-corrected chi connectivity index (χ1v) is 18.6. The predicted octanol–water partition coefficient (Wildman–Crippen LogP) is 8.15. The Morgan fingerprint density at radius 2 is 1.00 bits per heavy atom. The molecule has 0 aromatic heterocycles. The molecule has 6 fully saturated rings. The summed E-state index contributed by atoms with van der Waals surface area (Å²) in [5.74, 6) is 0.396. The van der Waals surface area contributed by atoms with Crippen LogP contribution in [0.4, 0.5) is 0 Å². The third-order valence-electron chi connectivity index (χ3n) is 11.5. The van der Waals surface area contributed by atoms with Crippen LogP contribution in [0.15, 0.2) is 0 Å². The zero-order chi connectivity index (χ0) is 26.9. The minimum atomic E-state index is -0.333. The average Bonchev–Trinajstić information content (AvgIpc) is 3.47. The van der Waals surface area contributed by atoms with Gasteiger partial charge in [-0.1, -0.05) is 136 Å². The van der Waals surface area contributed by atoms with Crippen LogP contribution in [-0.2, 0) is 9.59 Å². The summed E-state index contributed by atoms with van der Waals surface area (Å²) >= 11 is 22.8. The standard InChI is InChI=1S/C26H38Br6N2O2/c1-21(2)23(17(29)30)9-11-25(21,15(23)27)19(35)33-13-7-5-6-8-14-34-20(36)26-12-10-24(16(26)28,18(31)32)22(26,3)4/h15-18H,5-14H2,1-4H3,(H,33,35)(H,34,36). The van der Waals surface area contributed by atoms with E-state index in [1.807, 2.05) is 0 Å². The molecule has 10 heteroatoms. The molecule has 6 aliphatic rings. The van der Waals surface area contributed by atoms with E-state index < -0.39 is 0 Å². The molecule has 0 aliphatic heterocycles. The Morgan fingerprint density at radius 3 is 1.25 bits per heavy atom. The Hall–Kier alpha value is 1.82. The van der Waals surface area contributed by atoms with E-state index in [1.54, 1.807) is 0 Å². The fourth-order valence-electron chi connectivity index (χ4n) is 8.72. The lowest BCUT2D eigenvalue weighted by atomic mass is 9.43. The fourth-order valence-corrected chi connectivity index (χ4v) is 18.5. The minimum absolute atomic E-state index is 0.0575. The molecule has 36 heavy (non-hydrogen) atoms. The fraction of sp³-hybridized carbons (Fsp3) is 0.923. The highest BCUT2D eigenvalue weighted by molar-refractivity contribution is 9.25. The maximum atomic E-state index is 13.3. The summed E-state index contributed by atoms with van der Waals surface area (Å²) in [5, 5.41) is 6.49. The molecular formula is C26H38Br6N2O2. The molecule has 6 rings (SSSR count). The van der Waals surface area contributed by atoms with Crippen LogP contribution in [-0.4, -0.2) is 42.0 Å². The van der Waals surface area contributed by atoms with Gasteiger partial charge in [-0.15, -0.1) is 0 Å². The highest BCUT2D eigenvalue weighted by Crippen LogP contribution is 2.83. The van der Waals surface area contributed by atoms with Crippen molar-refractivity contribution in [1.82, 2.24) is 10.6 Å². The van der Waals surface area contributed by atoms with Gasteiger partial charge in [-0.2, -0.15) is 0 Å². The lowest BCUT2D eigenvalue weighted by Crippen LogP contribution is -2.72. The van der Waals surface area contributed by atoms with Crippen LogP contribution in [0, 0.1) is 32.5 Å². The normalized spacial score (nSPS) is 41.2. The van der Waals surface area contributed by atoms with Gasteiger partial charge in [0.05, 0.1) is 18.3 Å². The molecule has 0 spiro atoms. The predicted molar refractivity (Wildman–Crippen MR) is 169 cm³/mol. The second-order valence-corrected chi connectivity index (χ2v) is 20.5. The molecule has 2 N–H and O–H groups in total. The van der Waals surface area contributed by atoms with Crippen molar-refractivity contribution in [2.45, 2.75) is 96.2 Å². The number of unbranched alkanes of at least 4 members (excludes halogenated alkanes) is 3. The highest BCUT2D eigenvalue weighted by Gasteiger charge is 2.84. The number of carbonyl (C=O) groups excluding carboxylic acids is 2. The number of nitrogens with one attached hydrogen (secondary N) is 2. The van der Waals surface area contributed by atoms with Crippen molar-refractivity contribution in [3.63, 3.8) is 0 Å². The maximum absolute atomic E-state index is 13.3. The van der Waals surface area contributed by atoms with E-state index in [-0.39, 0.29) is 61.4 Å². The summed E-state index contributed by atoms with van der Waals surface area (Å²) in [4.78, 5) is 26.9. The molecule has 4 nitrogen and oxygen atoms in total. The van der Waals surface area contributed by atoms with Crippen molar-refractivity contribution < 1.29 is 9.59 Å². The summed E-state index contributed by atoms with van der Waals surface area (Å²) in [6, 6.07) is 0. The first kappa shape index (κ1) is 30.8. The van der Waals surface area contributed by atoms with Crippen LogP contribution >= 0.6 is 95.6 Å². The number of rotatable bonds is 11. The molecule has 0 aromatic rings. The Morgan fingerprint density at radius 1 is 0.667 bits per heavy atom. The Labute approximate surface area is 266 Å². The van der Waals surface area contributed by atoms with Gasteiger partial charge >= 0.3 is 0 Å². The molecule has 2 amide bonds. The first-order chi connectivity index (χ1) is 16.7. The van der Waals surface area contributed by atoms with Crippen LogP contribution in [0.25, 0.3) is 0 Å². The third kappa shape index (κ3) is 3.54. The SMILES string of the molecule is CC1(C)C2(C(=O)NCCCCCCNC(=O)C34CCC(C(Br)Br)(C3Br)C4(C)C)CCC1(C(Br)Br)C2Br. The van der Waals surface area contributed by atoms with E-state index in [1.165, 1.54) is 0 Å². The van der Waals surface area contributed by atoms with Crippen molar-refractivity contribution in [3.8, 4) is 0 Å². The van der Waals surface area contributed by atoms with Gasteiger partial charge in [0, 0.05) is 33.6 Å². The molecule has 6 saturated carbocycles. The summed E-state index contributed by atoms with van der Waals surface area (Å²) in [6.07, 6.45) is 7.97. The van der Waals surface area contributed by atoms with Gasteiger partial charge in [-0.3, -0.25) is 9.59 Å². The number of fused-ring (bicyclic) bond motifs is 2. The van der Waals surface area contributed by atoms with Crippen molar-refractivity contribution in [1.29, 1.82) is 0 Å². The van der Waals surface area contributed by atoms with Crippen LogP contribution < -0.4 is 10.6 Å². The quantitative estimate of drug-likeness (QED) is 0.163. The van der Waals surface area contributed by atoms with Crippen molar-refractivity contribution in [2.75, 3.05) is 13.1 Å². The van der Waals surface area contributed by atoms with Gasteiger partial charge in [-0.05, 0) is 49.4 Å². The van der Waals surface area contributed by atoms with Crippen LogP contribution in [0.3, 0.4) is 0 Å². The molecule has 6 unspecified atom stereocenters. The zero-order valence-electron chi connectivity index (χ0n) is 21.5. The molecule has 4 bridgehead atoms. The molecule has 206 valence electrons. The van der Waals surface area contributed by atoms with Crippen molar-refractivity contribution in [2.24, 2.45) is 32.5 Å². The topological polar surface area (TPSA) is 58.2 Å². The van der Waals surface area contributed by atoms with Crippen molar-refractivity contribution >= 4 is 107 Å². The number of hydrogen-bond acceptors (Lipinski definition) is 2. The van der Waals surface area contributed by atoms with Gasteiger partial charge in [0.1, 0.15) is 0 Å². The van der Waals surface area contributed by atoms with Gasteiger partial charge < -0.3 is 10.6 Å². The number of halogens is 6. The second-order valence-electron chi connectivity index (χ2n) is 12.5. The summed E-state index contributed by atoms with van der Waals surface area (Å²) in [6.45, 7) is 10.4. The van der Waals surface area contributed by atoms with Crippen LogP contribution in [0.2, 0.25) is 0 Å². The zero-order valence-corrected chi connectivity index (χ0v) is 31.0. The Bertz CT molecular complexity index is 841. The molecule has 0 aromatic carbocycles. The number of amides is 2. The first-order valence-electron chi connectivity index (χ1n) is 13.1. The largest absolute Gasteiger partial charge is 0.356 e. The molecule has 0 heterocycles.